The minimum Gasteiger partial charge on any atom is -0.273 e. The van der Waals surface area contributed by atoms with Gasteiger partial charge in [0.1, 0.15) is 0 Å². The van der Waals surface area contributed by atoms with Gasteiger partial charge in [-0.15, -0.1) is 0 Å². The Kier molecular flexibility index (Phi) is 10.1. The van der Waals surface area contributed by atoms with Crippen molar-refractivity contribution in [1.29, 1.82) is 0 Å². The molecule has 0 atom stereocenters. The van der Waals surface area contributed by atoms with E-state index in [9.17, 15) is 4.79 Å². The van der Waals surface area contributed by atoms with Gasteiger partial charge in [0.2, 0.25) is 5.91 Å². The van der Waals surface area contributed by atoms with Crippen molar-refractivity contribution in [3.63, 3.8) is 0 Å². The summed E-state index contributed by atoms with van der Waals surface area (Å²) in [5, 5.41) is 4.38. The average molecular weight is 357 g/mol. The van der Waals surface area contributed by atoms with Crippen molar-refractivity contribution in [2.45, 2.75) is 96.3 Å². The predicted molar refractivity (Wildman–Crippen MR) is 110 cm³/mol. The third-order valence-corrected chi connectivity index (χ3v) is 5.43. The molecule has 0 aliphatic heterocycles. The Balaban J connectivity index is 1.53. The van der Waals surface area contributed by atoms with Gasteiger partial charge in [0.25, 0.3) is 0 Å². The lowest BCUT2D eigenvalue weighted by atomic mass is 9.83. The lowest BCUT2D eigenvalue weighted by Gasteiger charge is -2.23. The van der Waals surface area contributed by atoms with Gasteiger partial charge >= 0.3 is 0 Å². The number of benzene rings is 1. The molecule has 3 heteroatoms. The van der Waals surface area contributed by atoms with E-state index in [1.54, 1.807) is 0 Å². The molecule has 0 saturated heterocycles. The number of hydrogen-bond acceptors (Lipinski definition) is 2. The fourth-order valence-corrected chi connectivity index (χ4v) is 3.74. The molecule has 1 aliphatic carbocycles. The maximum atomic E-state index is 11.9. The van der Waals surface area contributed by atoms with Crippen LogP contribution in [0.2, 0.25) is 0 Å². The highest BCUT2D eigenvalue weighted by atomic mass is 16.2. The number of nitrogens with zero attached hydrogens (tertiary/aromatic N) is 1. The first-order chi connectivity index (χ1) is 12.8. The molecule has 0 spiro atoms. The second-order valence-corrected chi connectivity index (χ2v) is 7.62. The Labute approximate surface area is 159 Å². The fraction of sp³-hybridized carbons (Fsp3) is 0.652. The molecule has 3 nitrogen and oxygen atoms in total. The monoisotopic (exact) mass is 356 g/mol. The molecule has 0 heterocycles. The SMILES string of the molecule is CCCCCCCCCCC(=O)NN=C1CCC(c2ccccc2)CC1. The first kappa shape index (κ1) is 20.7. The highest BCUT2D eigenvalue weighted by molar-refractivity contribution is 5.87. The Bertz CT molecular complexity index is 528. The minimum absolute atomic E-state index is 0.0775. The highest BCUT2D eigenvalue weighted by Gasteiger charge is 2.19. The Morgan fingerprint density at radius 2 is 1.58 bits per heavy atom. The molecule has 1 amide bonds. The largest absolute Gasteiger partial charge is 0.273 e. The van der Waals surface area contributed by atoms with Gasteiger partial charge in [-0.25, -0.2) is 5.43 Å². The minimum atomic E-state index is 0.0775. The fourth-order valence-electron chi connectivity index (χ4n) is 3.74. The molecule has 2 rings (SSSR count). The molecule has 1 aliphatic rings. The van der Waals surface area contributed by atoms with E-state index in [0.29, 0.717) is 12.3 Å². The number of nitrogens with one attached hydrogen (secondary N) is 1. The summed E-state index contributed by atoms with van der Waals surface area (Å²) in [6, 6.07) is 10.7. The van der Waals surface area contributed by atoms with Crippen LogP contribution in [0.4, 0.5) is 0 Å². The van der Waals surface area contributed by atoms with Crippen LogP contribution in [0.3, 0.4) is 0 Å². The van der Waals surface area contributed by atoms with Crippen molar-refractivity contribution >= 4 is 11.6 Å². The molecular formula is C23H36N2O. The van der Waals surface area contributed by atoms with Gasteiger partial charge < -0.3 is 0 Å². The average Bonchev–Trinajstić information content (AvgIpc) is 2.69. The van der Waals surface area contributed by atoms with E-state index in [1.165, 1.54) is 44.1 Å². The molecular weight excluding hydrogens is 320 g/mol. The van der Waals surface area contributed by atoms with Gasteiger partial charge in [-0.05, 0) is 43.6 Å². The van der Waals surface area contributed by atoms with E-state index in [1.807, 2.05) is 0 Å². The van der Waals surface area contributed by atoms with Crippen molar-refractivity contribution in [1.82, 2.24) is 5.43 Å². The van der Waals surface area contributed by atoms with Gasteiger partial charge in [-0.2, -0.15) is 5.10 Å². The second kappa shape index (κ2) is 12.7. The molecule has 0 unspecified atom stereocenters. The summed E-state index contributed by atoms with van der Waals surface area (Å²) >= 11 is 0. The predicted octanol–water partition coefficient (Wildman–Crippen LogP) is 6.35. The van der Waals surface area contributed by atoms with Crippen LogP contribution in [-0.4, -0.2) is 11.6 Å². The van der Waals surface area contributed by atoms with Crippen LogP contribution in [-0.2, 0) is 4.79 Å². The lowest BCUT2D eigenvalue weighted by molar-refractivity contribution is -0.121. The molecule has 26 heavy (non-hydrogen) atoms. The van der Waals surface area contributed by atoms with E-state index in [-0.39, 0.29) is 5.91 Å². The van der Waals surface area contributed by atoms with Gasteiger partial charge in [-0.1, -0.05) is 82.2 Å². The smallest absolute Gasteiger partial charge is 0.240 e. The van der Waals surface area contributed by atoms with Crippen LogP contribution in [0.5, 0.6) is 0 Å². The Morgan fingerprint density at radius 3 is 2.23 bits per heavy atom. The number of amides is 1. The summed E-state index contributed by atoms with van der Waals surface area (Å²) in [6.45, 7) is 2.25. The normalized spacial score (nSPS) is 17.1. The van der Waals surface area contributed by atoms with Crippen LogP contribution in [0.25, 0.3) is 0 Å². The first-order valence-corrected chi connectivity index (χ1v) is 10.7. The summed E-state index contributed by atoms with van der Waals surface area (Å²) in [4.78, 5) is 11.9. The zero-order valence-corrected chi connectivity index (χ0v) is 16.5. The number of rotatable bonds is 11. The summed E-state index contributed by atoms with van der Waals surface area (Å²) in [5.74, 6) is 0.719. The topological polar surface area (TPSA) is 41.5 Å². The highest BCUT2D eigenvalue weighted by Crippen LogP contribution is 2.31. The standard InChI is InChI=1S/C23H36N2O/c1-2-3-4-5-6-7-8-12-15-23(26)25-24-22-18-16-21(17-19-22)20-13-10-9-11-14-20/h9-11,13-14,21H,2-8,12,15-19H2,1H3,(H,25,26). The molecule has 0 bridgehead atoms. The molecule has 1 fully saturated rings. The zero-order chi connectivity index (χ0) is 18.5. The lowest BCUT2D eigenvalue weighted by Crippen LogP contribution is -2.21. The third kappa shape index (κ3) is 8.16. The Hall–Kier alpha value is -1.64. The van der Waals surface area contributed by atoms with Crippen molar-refractivity contribution < 1.29 is 4.79 Å². The number of hydrogen-bond donors (Lipinski definition) is 1. The van der Waals surface area contributed by atoms with E-state index in [2.05, 4.69) is 47.8 Å². The first-order valence-electron chi connectivity index (χ1n) is 10.7. The number of carbonyl (C=O) groups is 1. The summed E-state index contributed by atoms with van der Waals surface area (Å²) in [6.07, 6.45) is 15.0. The molecule has 0 aromatic heterocycles. The molecule has 1 N–H and O–H groups in total. The summed E-state index contributed by atoms with van der Waals surface area (Å²) < 4.78 is 0. The molecule has 1 aromatic rings. The molecule has 144 valence electrons. The molecule has 1 saturated carbocycles. The number of unbranched alkanes of at least 4 members (excludes halogenated alkanes) is 7. The summed E-state index contributed by atoms with van der Waals surface area (Å²) in [5.41, 5.74) is 5.36. The van der Waals surface area contributed by atoms with Crippen molar-refractivity contribution in [3.8, 4) is 0 Å². The quantitative estimate of drug-likeness (QED) is 0.364. The third-order valence-electron chi connectivity index (χ3n) is 5.43. The number of hydrazone groups is 1. The van der Waals surface area contributed by atoms with Crippen LogP contribution in [0.1, 0.15) is 102 Å². The molecule has 0 radical (unpaired) electrons. The van der Waals surface area contributed by atoms with Crippen LogP contribution < -0.4 is 5.43 Å². The van der Waals surface area contributed by atoms with Crippen molar-refractivity contribution in [3.05, 3.63) is 35.9 Å². The maximum absolute atomic E-state index is 11.9. The second-order valence-electron chi connectivity index (χ2n) is 7.62. The van der Waals surface area contributed by atoms with Gasteiger partial charge in [0.15, 0.2) is 0 Å². The van der Waals surface area contributed by atoms with E-state index in [4.69, 9.17) is 0 Å². The van der Waals surface area contributed by atoms with Crippen LogP contribution >= 0.6 is 0 Å². The van der Waals surface area contributed by atoms with Gasteiger partial charge in [-0.3, -0.25) is 4.79 Å². The van der Waals surface area contributed by atoms with Crippen molar-refractivity contribution in [2.24, 2.45) is 5.10 Å². The zero-order valence-electron chi connectivity index (χ0n) is 16.5. The summed E-state index contributed by atoms with van der Waals surface area (Å²) in [7, 11) is 0. The van der Waals surface area contributed by atoms with Crippen molar-refractivity contribution in [2.75, 3.05) is 0 Å². The van der Waals surface area contributed by atoms with E-state index < -0.39 is 0 Å². The number of carbonyl (C=O) groups excluding carboxylic acids is 1. The maximum Gasteiger partial charge on any atom is 0.240 e. The van der Waals surface area contributed by atoms with Crippen LogP contribution in [0, 0.1) is 0 Å². The van der Waals surface area contributed by atoms with E-state index >= 15 is 0 Å². The van der Waals surface area contributed by atoms with Gasteiger partial charge in [0.05, 0.1) is 0 Å². The molecule has 1 aromatic carbocycles. The van der Waals surface area contributed by atoms with E-state index in [0.717, 1.165) is 44.2 Å². The Morgan fingerprint density at radius 1 is 0.962 bits per heavy atom. The van der Waals surface area contributed by atoms with Crippen LogP contribution in [0.15, 0.2) is 35.4 Å². The van der Waals surface area contributed by atoms with Gasteiger partial charge in [0, 0.05) is 12.1 Å².